The fraction of sp³-hybridized carbons (Fsp3) is 0.400. The van der Waals surface area contributed by atoms with Crippen LogP contribution in [0, 0.1) is 0 Å². The molecule has 1 unspecified atom stereocenters. The molecule has 112 valence electrons. The molecule has 0 spiro atoms. The Labute approximate surface area is 126 Å². The van der Waals surface area contributed by atoms with Crippen molar-refractivity contribution >= 4 is 11.6 Å². The first-order valence-corrected chi connectivity index (χ1v) is 7.28. The van der Waals surface area contributed by atoms with Gasteiger partial charge in [0.15, 0.2) is 0 Å². The Hall–Kier alpha value is -1.46. The molecule has 1 aliphatic rings. The molecule has 1 saturated heterocycles. The van der Waals surface area contributed by atoms with E-state index in [-0.39, 0.29) is 17.5 Å². The van der Waals surface area contributed by atoms with Gasteiger partial charge in [-0.3, -0.25) is 0 Å². The molecular formula is C15H15ClF2N2O. The summed E-state index contributed by atoms with van der Waals surface area (Å²) in [6, 6.07) is 6.88. The van der Waals surface area contributed by atoms with Gasteiger partial charge in [-0.2, -0.15) is 5.10 Å². The second-order valence-electron chi connectivity index (χ2n) is 5.01. The number of ether oxygens (including phenoxy) is 1. The molecule has 2 heterocycles. The minimum absolute atomic E-state index is 0.114. The van der Waals surface area contributed by atoms with E-state index in [0.29, 0.717) is 17.2 Å². The van der Waals surface area contributed by atoms with Gasteiger partial charge in [-0.05, 0) is 25.3 Å². The van der Waals surface area contributed by atoms with Crippen molar-refractivity contribution in [2.45, 2.75) is 31.9 Å². The first-order valence-electron chi connectivity index (χ1n) is 6.90. The zero-order chi connectivity index (χ0) is 14.8. The predicted molar refractivity (Wildman–Crippen MR) is 76.5 cm³/mol. The molecule has 6 heteroatoms. The van der Waals surface area contributed by atoms with Crippen LogP contribution in [0.25, 0.3) is 11.3 Å². The minimum atomic E-state index is -2.60. The third-order valence-corrected chi connectivity index (χ3v) is 3.90. The number of alkyl halides is 2. The van der Waals surface area contributed by atoms with Crippen LogP contribution >= 0.6 is 11.6 Å². The van der Waals surface area contributed by atoms with E-state index in [9.17, 15) is 8.78 Å². The van der Waals surface area contributed by atoms with Crippen LogP contribution < -0.4 is 0 Å². The van der Waals surface area contributed by atoms with Gasteiger partial charge in [0, 0.05) is 18.4 Å². The molecule has 0 aliphatic carbocycles. The van der Waals surface area contributed by atoms with E-state index < -0.39 is 6.43 Å². The van der Waals surface area contributed by atoms with Crippen LogP contribution in [0.4, 0.5) is 8.78 Å². The topological polar surface area (TPSA) is 27.1 Å². The normalized spacial score (nSPS) is 19.1. The van der Waals surface area contributed by atoms with E-state index >= 15 is 0 Å². The Morgan fingerprint density at radius 2 is 2.10 bits per heavy atom. The lowest BCUT2D eigenvalue weighted by Crippen LogP contribution is -2.18. The van der Waals surface area contributed by atoms with Gasteiger partial charge in [0.2, 0.25) is 0 Å². The molecule has 1 aromatic carbocycles. The van der Waals surface area contributed by atoms with Crippen molar-refractivity contribution in [1.29, 1.82) is 0 Å². The van der Waals surface area contributed by atoms with E-state index in [2.05, 4.69) is 5.10 Å². The number of hydrogen-bond donors (Lipinski definition) is 0. The Balaban J connectivity index is 2.03. The molecule has 1 fully saturated rings. The molecule has 1 aliphatic heterocycles. The highest BCUT2D eigenvalue weighted by Gasteiger charge is 2.24. The summed E-state index contributed by atoms with van der Waals surface area (Å²) in [5.41, 5.74) is 0.631. The minimum Gasteiger partial charge on any atom is -0.357 e. The van der Waals surface area contributed by atoms with Crippen molar-refractivity contribution in [2.24, 2.45) is 0 Å². The molecule has 3 nitrogen and oxygen atoms in total. The van der Waals surface area contributed by atoms with Crippen LogP contribution in [0.15, 0.2) is 30.5 Å². The number of halogens is 3. The van der Waals surface area contributed by atoms with Crippen molar-refractivity contribution in [2.75, 3.05) is 6.61 Å². The van der Waals surface area contributed by atoms with Crippen molar-refractivity contribution in [3.05, 3.63) is 41.0 Å². The second-order valence-corrected chi connectivity index (χ2v) is 5.42. The van der Waals surface area contributed by atoms with Gasteiger partial charge in [0.05, 0.1) is 10.6 Å². The fourth-order valence-electron chi connectivity index (χ4n) is 2.51. The summed E-state index contributed by atoms with van der Waals surface area (Å²) >= 11 is 6.11. The Morgan fingerprint density at radius 1 is 1.29 bits per heavy atom. The van der Waals surface area contributed by atoms with E-state index in [0.717, 1.165) is 19.3 Å². The lowest BCUT2D eigenvalue weighted by atomic mass is 10.1. The zero-order valence-corrected chi connectivity index (χ0v) is 12.1. The van der Waals surface area contributed by atoms with Crippen LogP contribution in [0.1, 0.15) is 37.5 Å². The molecule has 0 amide bonds. The van der Waals surface area contributed by atoms with Gasteiger partial charge in [0.1, 0.15) is 11.9 Å². The van der Waals surface area contributed by atoms with E-state index in [1.165, 1.54) is 10.9 Å². The largest absolute Gasteiger partial charge is 0.357 e. The lowest BCUT2D eigenvalue weighted by molar-refractivity contribution is -0.0395. The summed E-state index contributed by atoms with van der Waals surface area (Å²) in [6.07, 6.45) is 1.29. The molecule has 1 aromatic heterocycles. The van der Waals surface area contributed by atoms with Crippen LogP contribution in [0.5, 0.6) is 0 Å². The first kappa shape index (κ1) is 14.5. The quantitative estimate of drug-likeness (QED) is 0.811. The number of benzene rings is 1. The molecule has 21 heavy (non-hydrogen) atoms. The first-order chi connectivity index (χ1) is 10.2. The van der Waals surface area contributed by atoms with Gasteiger partial charge in [0.25, 0.3) is 6.43 Å². The number of aromatic nitrogens is 2. The molecule has 3 rings (SSSR count). The van der Waals surface area contributed by atoms with Crippen molar-refractivity contribution in [3.63, 3.8) is 0 Å². The molecular weight excluding hydrogens is 298 g/mol. The third kappa shape index (κ3) is 2.94. The van der Waals surface area contributed by atoms with Crippen molar-refractivity contribution < 1.29 is 13.5 Å². The average molecular weight is 313 g/mol. The lowest BCUT2D eigenvalue weighted by Gasteiger charge is -2.22. The maximum atomic E-state index is 13.3. The summed E-state index contributed by atoms with van der Waals surface area (Å²) < 4.78 is 33.7. The summed E-state index contributed by atoms with van der Waals surface area (Å²) in [6.45, 7) is 0.635. The molecule has 1 atom stereocenters. The monoisotopic (exact) mass is 312 g/mol. The maximum Gasteiger partial charge on any atom is 0.267 e. The summed E-state index contributed by atoms with van der Waals surface area (Å²) in [7, 11) is 0. The Bertz CT molecular complexity index is 624. The maximum absolute atomic E-state index is 13.3. The highest BCUT2D eigenvalue weighted by Crippen LogP contribution is 2.35. The van der Waals surface area contributed by atoms with Crippen LogP contribution in [-0.2, 0) is 4.74 Å². The van der Waals surface area contributed by atoms with Crippen LogP contribution in [0.2, 0.25) is 5.02 Å². The molecule has 0 N–H and O–H groups in total. The molecule has 0 bridgehead atoms. The average Bonchev–Trinajstić information content (AvgIpc) is 2.94. The van der Waals surface area contributed by atoms with E-state index in [4.69, 9.17) is 16.3 Å². The number of rotatable bonds is 3. The highest BCUT2D eigenvalue weighted by molar-refractivity contribution is 6.33. The summed E-state index contributed by atoms with van der Waals surface area (Å²) in [4.78, 5) is 0. The summed E-state index contributed by atoms with van der Waals surface area (Å²) in [5, 5.41) is 4.72. The van der Waals surface area contributed by atoms with Crippen molar-refractivity contribution in [3.8, 4) is 11.3 Å². The molecule has 2 aromatic rings. The fourth-order valence-corrected chi connectivity index (χ4v) is 2.73. The summed E-state index contributed by atoms with van der Waals surface area (Å²) in [5.74, 6) is 0. The highest BCUT2D eigenvalue weighted by atomic mass is 35.5. The predicted octanol–water partition coefficient (Wildman–Crippen LogP) is 4.84. The third-order valence-electron chi connectivity index (χ3n) is 3.58. The number of nitrogens with zero attached hydrogens (tertiary/aromatic N) is 2. The standard InChI is InChI=1S/C15H15ClF2N2O/c16-12-6-2-1-5-10(12)14-11(15(17)18)9-20(19-14)13-7-3-4-8-21-13/h1-2,5-6,9,13,15H,3-4,7-8H2. The van der Waals surface area contributed by atoms with E-state index in [1.807, 2.05) is 0 Å². The van der Waals surface area contributed by atoms with Crippen molar-refractivity contribution in [1.82, 2.24) is 9.78 Å². The Kier molecular flexibility index (Phi) is 4.22. The van der Waals surface area contributed by atoms with Gasteiger partial charge < -0.3 is 4.74 Å². The number of hydrogen-bond acceptors (Lipinski definition) is 2. The van der Waals surface area contributed by atoms with Crippen LogP contribution in [0.3, 0.4) is 0 Å². The molecule has 0 radical (unpaired) electrons. The van der Waals surface area contributed by atoms with Gasteiger partial charge in [-0.1, -0.05) is 29.8 Å². The SMILES string of the molecule is FC(F)c1cn(C2CCCCO2)nc1-c1ccccc1Cl. The van der Waals surface area contributed by atoms with Gasteiger partial charge in [-0.15, -0.1) is 0 Å². The van der Waals surface area contributed by atoms with Crippen LogP contribution in [-0.4, -0.2) is 16.4 Å². The second kappa shape index (κ2) is 6.12. The van der Waals surface area contributed by atoms with Gasteiger partial charge >= 0.3 is 0 Å². The smallest absolute Gasteiger partial charge is 0.267 e. The molecule has 0 saturated carbocycles. The van der Waals surface area contributed by atoms with E-state index in [1.54, 1.807) is 24.3 Å². The Morgan fingerprint density at radius 3 is 2.76 bits per heavy atom. The van der Waals surface area contributed by atoms with Gasteiger partial charge in [-0.25, -0.2) is 13.5 Å². The zero-order valence-electron chi connectivity index (χ0n) is 11.3.